The van der Waals surface area contributed by atoms with Crippen LogP contribution in [-0.2, 0) is 9.53 Å². The number of nitrogens with two attached hydrogens (primary N) is 2. The van der Waals surface area contributed by atoms with Crippen LogP contribution in [0.5, 0.6) is 0 Å². The van der Waals surface area contributed by atoms with Gasteiger partial charge in [-0.3, -0.25) is 9.59 Å². The van der Waals surface area contributed by atoms with Crippen molar-refractivity contribution in [3.63, 3.8) is 0 Å². The summed E-state index contributed by atoms with van der Waals surface area (Å²) in [6, 6.07) is 1.46. The molecular weight excluding hydrogens is 248 g/mol. The molecule has 0 spiro atoms. The number of esters is 1. The second-order valence-electron chi connectivity index (χ2n) is 3.86. The number of carbonyl (C=O) groups is 2. The lowest BCUT2D eigenvalue weighted by Gasteiger charge is -2.09. The normalized spacial score (nSPS) is 9.95. The maximum Gasteiger partial charge on any atom is 0.305 e. The van der Waals surface area contributed by atoms with E-state index < -0.39 is 5.91 Å². The molecule has 0 aliphatic heterocycles. The van der Waals surface area contributed by atoms with Crippen LogP contribution < -0.4 is 16.8 Å². The number of primary amides is 1. The Morgan fingerprint density at radius 1 is 1.47 bits per heavy atom. The van der Waals surface area contributed by atoms with Crippen LogP contribution in [-0.4, -0.2) is 30.0 Å². The van der Waals surface area contributed by atoms with Crippen molar-refractivity contribution in [2.45, 2.75) is 19.8 Å². The molecule has 0 unspecified atom stereocenters. The van der Waals surface area contributed by atoms with Gasteiger partial charge >= 0.3 is 5.97 Å². The van der Waals surface area contributed by atoms with E-state index in [2.05, 4.69) is 10.3 Å². The molecule has 0 aliphatic rings. The molecule has 0 radical (unpaired) electrons. The molecule has 0 fully saturated rings. The van der Waals surface area contributed by atoms with Crippen LogP contribution in [0.25, 0.3) is 0 Å². The average molecular weight is 266 g/mol. The second kappa shape index (κ2) is 7.20. The van der Waals surface area contributed by atoms with Crippen molar-refractivity contribution in [3.05, 3.63) is 17.8 Å². The number of nitrogens with one attached hydrogen (secondary N) is 1. The number of ether oxygens (including phenoxy) is 1. The topological polar surface area (TPSA) is 120 Å². The summed E-state index contributed by atoms with van der Waals surface area (Å²) >= 11 is 0. The molecule has 0 aromatic carbocycles. The Morgan fingerprint density at radius 2 is 2.21 bits per heavy atom. The van der Waals surface area contributed by atoms with E-state index in [1.165, 1.54) is 12.3 Å². The van der Waals surface area contributed by atoms with Gasteiger partial charge in [-0.05, 0) is 19.4 Å². The molecule has 19 heavy (non-hydrogen) atoms. The van der Waals surface area contributed by atoms with Crippen molar-refractivity contribution in [2.24, 2.45) is 5.73 Å². The molecule has 1 aromatic rings. The van der Waals surface area contributed by atoms with E-state index in [-0.39, 0.29) is 11.5 Å². The zero-order valence-corrected chi connectivity index (χ0v) is 10.8. The summed E-state index contributed by atoms with van der Waals surface area (Å²) in [7, 11) is 0. The van der Waals surface area contributed by atoms with Crippen LogP contribution in [0.4, 0.5) is 11.5 Å². The first kappa shape index (κ1) is 14.7. The number of anilines is 2. The Kier molecular flexibility index (Phi) is 5.59. The number of rotatable bonds is 7. The van der Waals surface area contributed by atoms with Crippen LogP contribution in [0.15, 0.2) is 12.3 Å². The lowest BCUT2D eigenvalue weighted by atomic mass is 10.2. The van der Waals surface area contributed by atoms with Gasteiger partial charge in [-0.25, -0.2) is 4.98 Å². The Labute approximate surface area is 111 Å². The lowest BCUT2D eigenvalue weighted by molar-refractivity contribution is -0.143. The van der Waals surface area contributed by atoms with E-state index in [0.717, 1.165) is 0 Å². The smallest absolute Gasteiger partial charge is 0.305 e. The van der Waals surface area contributed by atoms with Gasteiger partial charge in [0, 0.05) is 13.0 Å². The van der Waals surface area contributed by atoms with Crippen molar-refractivity contribution in [1.82, 2.24) is 4.98 Å². The number of hydrogen-bond acceptors (Lipinski definition) is 6. The maximum atomic E-state index is 11.2. The first-order chi connectivity index (χ1) is 9.04. The Balaban J connectivity index is 2.49. The van der Waals surface area contributed by atoms with E-state index in [1.807, 2.05) is 0 Å². The van der Waals surface area contributed by atoms with Gasteiger partial charge in [0.2, 0.25) is 0 Å². The molecule has 104 valence electrons. The SMILES string of the molecule is CCOC(=O)CCCNc1ncc(N)cc1C(N)=O. The second-order valence-corrected chi connectivity index (χ2v) is 3.86. The Morgan fingerprint density at radius 3 is 2.84 bits per heavy atom. The summed E-state index contributed by atoms with van der Waals surface area (Å²) in [4.78, 5) is 26.3. The van der Waals surface area contributed by atoms with Crippen molar-refractivity contribution < 1.29 is 14.3 Å². The van der Waals surface area contributed by atoms with E-state index in [4.69, 9.17) is 16.2 Å². The fourth-order valence-electron chi connectivity index (χ4n) is 1.48. The molecule has 0 aliphatic carbocycles. The molecule has 5 N–H and O–H groups in total. The molecule has 0 atom stereocenters. The van der Waals surface area contributed by atoms with Crippen LogP contribution >= 0.6 is 0 Å². The molecule has 0 saturated heterocycles. The summed E-state index contributed by atoms with van der Waals surface area (Å²) in [6.45, 7) is 2.61. The highest BCUT2D eigenvalue weighted by Crippen LogP contribution is 2.14. The standard InChI is InChI=1S/C12H18N4O3/c1-2-19-10(17)4-3-5-15-12-9(11(14)18)6-8(13)7-16-12/h6-7H,2-5,13H2,1H3,(H2,14,18)(H,15,16). The number of carbonyl (C=O) groups excluding carboxylic acids is 2. The molecule has 0 bridgehead atoms. The van der Waals surface area contributed by atoms with Crippen molar-refractivity contribution >= 4 is 23.4 Å². The minimum atomic E-state index is -0.604. The van der Waals surface area contributed by atoms with Crippen LogP contribution in [0.1, 0.15) is 30.1 Å². The van der Waals surface area contributed by atoms with E-state index in [9.17, 15) is 9.59 Å². The molecule has 1 aromatic heterocycles. The Bertz CT molecular complexity index is 462. The van der Waals surface area contributed by atoms with Gasteiger partial charge in [-0.15, -0.1) is 0 Å². The third kappa shape index (κ3) is 4.82. The quantitative estimate of drug-likeness (QED) is 0.488. The van der Waals surface area contributed by atoms with Crippen LogP contribution in [0.2, 0.25) is 0 Å². The zero-order valence-electron chi connectivity index (χ0n) is 10.8. The van der Waals surface area contributed by atoms with Gasteiger partial charge in [-0.1, -0.05) is 0 Å². The molecule has 1 rings (SSSR count). The van der Waals surface area contributed by atoms with Crippen LogP contribution in [0, 0.1) is 0 Å². The van der Waals surface area contributed by atoms with E-state index in [0.29, 0.717) is 37.5 Å². The van der Waals surface area contributed by atoms with Gasteiger partial charge in [-0.2, -0.15) is 0 Å². The first-order valence-corrected chi connectivity index (χ1v) is 5.99. The number of nitrogens with zero attached hydrogens (tertiary/aromatic N) is 1. The number of amides is 1. The highest BCUT2D eigenvalue weighted by Gasteiger charge is 2.10. The molecular formula is C12H18N4O3. The molecule has 7 heteroatoms. The zero-order chi connectivity index (χ0) is 14.3. The number of hydrogen-bond donors (Lipinski definition) is 3. The predicted octanol–water partition coefficient (Wildman–Crippen LogP) is 0.518. The van der Waals surface area contributed by atoms with Crippen molar-refractivity contribution in [2.75, 3.05) is 24.2 Å². The summed E-state index contributed by atoms with van der Waals surface area (Å²) in [5.74, 6) is -0.483. The number of nitrogen functional groups attached to an aromatic ring is 1. The summed E-state index contributed by atoms with van der Waals surface area (Å²) < 4.78 is 4.80. The number of aromatic nitrogens is 1. The largest absolute Gasteiger partial charge is 0.466 e. The molecule has 1 heterocycles. The van der Waals surface area contributed by atoms with Gasteiger partial charge < -0.3 is 21.5 Å². The minimum absolute atomic E-state index is 0.233. The molecule has 0 saturated carbocycles. The van der Waals surface area contributed by atoms with Gasteiger partial charge in [0.25, 0.3) is 5.91 Å². The minimum Gasteiger partial charge on any atom is -0.466 e. The fourth-order valence-corrected chi connectivity index (χ4v) is 1.48. The molecule has 7 nitrogen and oxygen atoms in total. The van der Waals surface area contributed by atoms with Gasteiger partial charge in [0.05, 0.1) is 24.1 Å². The number of pyridine rings is 1. The Hall–Kier alpha value is -2.31. The lowest BCUT2D eigenvalue weighted by Crippen LogP contribution is -2.17. The monoisotopic (exact) mass is 266 g/mol. The van der Waals surface area contributed by atoms with E-state index >= 15 is 0 Å². The van der Waals surface area contributed by atoms with E-state index in [1.54, 1.807) is 6.92 Å². The van der Waals surface area contributed by atoms with Crippen LogP contribution in [0.3, 0.4) is 0 Å². The summed E-state index contributed by atoms with van der Waals surface area (Å²) in [6.07, 6.45) is 2.31. The summed E-state index contributed by atoms with van der Waals surface area (Å²) in [5.41, 5.74) is 11.4. The first-order valence-electron chi connectivity index (χ1n) is 5.99. The summed E-state index contributed by atoms with van der Waals surface area (Å²) in [5, 5.41) is 2.94. The molecule has 1 amide bonds. The highest BCUT2D eigenvalue weighted by molar-refractivity contribution is 5.98. The third-order valence-corrected chi connectivity index (χ3v) is 2.33. The average Bonchev–Trinajstić information content (AvgIpc) is 2.36. The van der Waals surface area contributed by atoms with Crippen molar-refractivity contribution in [3.8, 4) is 0 Å². The van der Waals surface area contributed by atoms with Gasteiger partial charge in [0.15, 0.2) is 0 Å². The predicted molar refractivity (Wildman–Crippen MR) is 71.5 cm³/mol. The van der Waals surface area contributed by atoms with Gasteiger partial charge in [0.1, 0.15) is 5.82 Å². The van der Waals surface area contributed by atoms with Crippen molar-refractivity contribution in [1.29, 1.82) is 0 Å². The highest BCUT2D eigenvalue weighted by atomic mass is 16.5. The fraction of sp³-hybridized carbons (Fsp3) is 0.417. The third-order valence-electron chi connectivity index (χ3n) is 2.33. The maximum absolute atomic E-state index is 11.2.